The summed E-state index contributed by atoms with van der Waals surface area (Å²) >= 11 is 0. The Labute approximate surface area is 129 Å². The molecule has 0 saturated carbocycles. The third kappa shape index (κ3) is 7.10. The van der Waals surface area contributed by atoms with Crippen molar-refractivity contribution in [1.82, 2.24) is 10.5 Å². The van der Waals surface area contributed by atoms with E-state index >= 15 is 0 Å². The number of ether oxygens (including phenoxy) is 1. The van der Waals surface area contributed by atoms with Gasteiger partial charge in [0.15, 0.2) is 0 Å². The summed E-state index contributed by atoms with van der Waals surface area (Å²) in [4.78, 5) is 11.3. The first kappa shape index (κ1) is 18.0. The standard InChI is InChI=1S/C14H21BFN3O3/c1-3-17-14(20)19-12-4-6-13(7-5-12)22-10-11(8-16)9-18-15(2)21/h4-8,18,21H,3,9-10H2,1-2H3,(H2,17,19,20)/b11-8+. The number of amides is 2. The molecule has 8 heteroatoms. The highest BCUT2D eigenvalue weighted by atomic mass is 19.1. The highest BCUT2D eigenvalue weighted by Gasteiger charge is 2.05. The van der Waals surface area contributed by atoms with E-state index in [1.54, 1.807) is 31.1 Å². The SMILES string of the molecule is CCNC(=O)Nc1ccc(OC/C(=C/F)CNB(C)O)cc1. The van der Waals surface area contributed by atoms with Crippen LogP contribution < -0.4 is 20.6 Å². The Morgan fingerprint density at radius 1 is 1.41 bits per heavy atom. The third-order valence-corrected chi connectivity index (χ3v) is 2.65. The molecule has 1 rings (SSSR count). The summed E-state index contributed by atoms with van der Waals surface area (Å²) in [7, 11) is -0.713. The van der Waals surface area contributed by atoms with Crippen LogP contribution in [0.1, 0.15) is 6.92 Å². The second kappa shape index (κ2) is 9.80. The number of hydrogen-bond donors (Lipinski definition) is 4. The average Bonchev–Trinajstić information content (AvgIpc) is 2.49. The van der Waals surface area contributed by atoms with Gasteiger partial charge in [-0.25, -0.2) is 9.18 Å². The zero-order chi connectivity index (χ0) is 16.4. The molecule has 4 N–H and O–H groups in total. The first-order valence-corrected chi connectivity index (χ1v) is 7.02. The molecule has 0 bridgehead atoms. The molecule has 0 unspecified atom stereocenters. The Balaban J connectivity index is 2.45. The molecule has 0 aliphatic carbocycles. The van der Waals surface area contributed by atoms with Crippen molar-refractivity contribution in [1.29, 1.82) is 0 Å². The van der Waals surface area contributed by atoms with E-state index in [0.29, 0.717) is 29.9 Å². The fraction of sp³-hybridized carbons (Fsp3) is 0.357. The minimum atomic E-state index is -0.713. The topological polar surface area (TPSA) is 82.6 Å². The van der Waals surface area contributed by atoms with Gasteiger partial charge < -0.3 is 25.6 Å². The van der Waals surface area contributed by atoms with Crippen molar-refractivity contribution in [2.24, 2.45) is 0 Å². The van der Waals surface area contributed by atoms with Crippen LogP contribution in [0, 0.1) is 0 Å². The number of halogens is 1. The minimum absolute atomic E-state index is 0.0688. The van der Waals surface area contributed by atoms with Crippen molar-refractivity contribution in [2.45, 2.75) is 13.7 Å². The monoisotopic (exact) mass is 309 g/mol. The maximum absolute atomic E-state index is 12.7. The van der Waals surface area contributed by atoms with E-state index in [9.17, 15) is 9.18 Å². The lowest BCUT2D eigenvalue weighted by atomic mass is 9.89. The van der Waals surface area contributed by atoms with Gasteiger partial charge in [-0.15, -0.1) is 0 Å². The second-order valence-corrected chi connectivity index (χ2v) is 4.62. The molecule has 0 aliphatic rings. The number of rotatable bonds is 8. The van der Waals surface area contributed by atoms with Crippen LogP contribution in [0.15, 0.2) is 36.2 Å². The van der Waals surface area contributed by atoms with Crippen LogP contribution >= 0.6 is 0 Å². The molecule has 0 saturated heterocycles. The normalized spacial score (nSPS) is 11.0. The summed E-state index contributed by atoms with van der Waals surface area (Å²) in [5, 5.41) is 17.1. The number of carbonyl (C=O) groups is 1. The van der Waals surface area contributed by atoms with Crippen molar-refractivity contribution in [2.75, 3.05) is 25.0 Å². The van der Waals surface area contributed by atoms with Gasteiger partial charge in [-0.2, -0.15) is 0 Å². The fourth-order valence-electron chi connectivity index (χ4n) is 1.55. The number of urea groups is 1. The molecule has 0 atom stereocenters. The zero-order valence-corrected chi connectivity index (χ0v) is 12.7. The Morgan fingerprint density at radius 2 is 2.09 bits per heavy atom. The highest BCUT2D eigenvalue weighted by molar-refractivity contribution is 6.45. The van der Waals surface area contributed by atoms with Gasteiger partial charge in [0.1, 0.15) is 12.4 Å². The second-order valence-electron chi connectivity index (χ2n) is 4.62. The lowest BCUT2D eigenvalue weighted by molar-refractivity contribution is 0.252. The molecule has 0 fully saturated rings. The van der Waals surface area contributed by atoms with E-state index < -0.39 is 7.05 Å². The third-order valence-electron chi connectivity index (χ3n) is 2.65. The molecule has 2 amide bonds. The summed E-state index contributed by atoms with van der Waals surface area (Å²) in [5.74, 6) is 0.554. The molecule has 1 aromatic carbocycles. The predicted molar refractivity (Wildman–Crippen MR) is 85.7 cm³/mol. The minimum Gasteiger partial charge on any atom is -0.489 e. The number of carbonyl (C=O) groups excluding carboxylic acids is 1. The van der Waals surface area contributed by atoms with Crippen molar-refractivity contribution >= 4 is 18.8 Å². The van der Waals surface area contributed by atoms with Gasteiger partial charge in [0.2, 0.25) is 0 Å². The van der Waals surface area contributed by atoms with E-state index in [0.717, 1.165) is 0 Å². The van der Waals surface area contributed by atoms with Crippen LogP contribution in [0.25, 0.3) is 0 Å². The summed E-state index contributed by atoms with van der Waals surface area (Å²) in [6.45, 7) is 4.20. The first-order valence-electron chi connectivity index (χ1n) is 7.02. The molecule has 1 aromatic rings. The number of nitrogens with one attached hydrogen (secondary N) is 3. The van der Waals surface area contributed by atoms with Gasteiger partial charge >= 0.3 is 13.1 Å². The largest absolute Gasteiger partial charge is 0.489 e. The number of hydrogen-bond acceptors (Lipinski definition) is 4. The number of benzene rings is 1. The zero-order valence-electron chi connectivity index (χ0n) is 12.7. The number of anilines is 1. The highest BCUT2D eigenvalue weighted by Crippen LogP contribution is 2.16. The maximum atomic E-state index is 12.7. The van der Waals surface area contributed by atoms with Crippen LogP contribution in [-0.2, 0) is 0 Å². The van der Waals surface area contributed by atoms with Crippen LogP contribution in [-0.4, -0.2) is 37.8 Å². The molecule has 0 aromatic heterocycles. The molecule has 6 nitrogen and oxygen atoms in total. The van der Waals surface area contributed by atoms with Gasteiger partial charge in [-0.05, 0) is 38.0 Å². The Morgan fingerprint density at radius 3 is 2.64 bits per heavy atom. The molecular weight excluding hydrogens is 288 g/mol. The van der Waals surface area contributed by atoms with Crippen LogP contribution in [0.4, 0.5) is 14.9 Å². The van der Waals surface area contributed by atoms with E-state index in [2.05, 4.69) is 15.9 Å². The van der Waals surface area contributed by atoms with Gasteiger partial charge in [0, 0.05) is 24.4 Å². The van der Waals surface area contributed by atoms with Gasteiger partial charge in [-0.3, -0.25) is 0 Å². The van der Waals surface area contributed by atoms with E-state index in [1.807, 2.05) is 6.92 Å². The summed E-state index contributed by atoms with van der Waals surface area (Å²) in [6.07, 6.45) is 0.459. The predicted octanol–water partition coefficient (Wildman–Crippen LogP) is 1.76. The van der Waals surface area contributed by atoms with Crippen molar-refractivity contribution in [3.05, 3.63) is 36.2 Å². The van der Waals surface area contributed by atoms with Crippen molar-refractivity contribution < 1.29 is 18.9 Å². The Hall–Kier alpha value is -2.06. The van der Waals surface area contributed by atoms with Crippen molar-refractivity contribution in [3.63, 3.8) is 0 Å². The average molecular weight is 309 g/mol. The fourth-order valence-corrected chi connectivity index (χ4v) is 1.55. The molecular formula is C14H21BFN3O3. The quantitative estimate of drug-likeness (QED) is 0.552. The van der Waals surface area contributed by atoms with Gasteiger partial charge in [0.05, 0.1) is 6.33 Å². The first-order chi connectivity index (χ1) is 10.5. The van der Waals surface area contributed by atoms with Crippen LogP contribution in [0.3, 0.4) is 0 Å². The lowest BCUT2D eigenvalue weighted by Crippen LogP contribution is -2.33. The lowest BCUT2D eigenvalue weighted by Gasteiger charge is -2.11. The summed E-state index contributed by atoms with van der Waals surface area (Å²) < 4.78 is 18.1. The molecule has 0 heterocycles. The van der Waals surface area contributed by atoms with E-state index in [1.165, 1.54) is 0 Å². The van der Waals surface area contributed by atoms with Crippen LogP contribution in [0.5, 0.6) is 5.75 Å². The smallest absolute Gasteiger partial charge is 0.373 e. The Bertz CT molecular complexity index is 495. The maximum Gasteiger partial charge on any atom is 0.373 e. The molecule has 22 heavy (non-hydrogen) atoms. The summed E-state index contributed by atoms with van der Waals surface area (Å²) in [6, 6.07) is 6.47. The van der Waals surface area contributed by atoms with Gasteiger partial charge in [-0.1, -0.05) is 0 Å². The molecule has 120 valence electrons. The van der Waals surface area contributed by atoms with Gasteiger partial charge in [0.25, 0.3) is 0 Å². The summed E-state index contributed by atoms with van der Waals surface area (Å²) in [5.41, 5.74) is 1.01. The molecule has 0 aliphatic heterocycles. The van der Waals surface area contributed by atoms with Crippen molar-refractivity contribution in [3.8, 4) is 5.75 Å². The van der Waals surface area contributed by atoms with E-state index in [4.69, 9.17) is 9.76 Å². The van der Waals surface area contributed by atoms with Crippen LogP contribution in [0.2, 0.25) is 6.82 Å². The molecule has 0 radical (unpaired) electrons. The molecule has 0 spiro atoms. The van der Waals surface area contributed by atoms with E-state index in [-0.39, 0.29) is 19.2 Å². The Kier molecular flexibility index (Phi) is 8.02.